The van der Waals surface area contributed by atoms with Crippen LogP contribution in [-0.2, 0) is 14.2 Å². The van der Waals surface area contributed by atoms with E-state index in [1.807, 2.05) is 4.90 Å². The van der Waals surface area contributed by atoms with Crippen molar-refractivity contribution in [2.75, 3.05) is 27.4 Å². The van der Waals surface area contributed by atoms with E-state index in [1.165, 1.54) is 26.4 Å². The van der Waals surface area contributed by atoms with Crippen LogP contribution in [0.2, 0.25) is 0 Å². The van der Waals surface area contributed by atoms with Crippen LogP contribution in [-0.4, -0.2) is 56.6 Å². The highest BCUT2D eigenvalue weighted by Crippen LogP contribution is 2.55. The van der Waals surface area contributed by atoms with Crippen molar-refractivity contribution in [3.63, 3.8) is 0 Å². The van der Waals surface area contributed by atoms with Gasteiger partial charge in [0.2, 0.25) is 0 Å². The summed E-state index contributed by atoms with van der Waals surface area (Å²) in [5.41, 5.74) is 0. The van der Waals surface area contributed by atoms with Gasteiger partial charge in [-0.05, 0) is 49.4 Å². The number of carbonyl (C=O) groups is 1. The lowest BCUT2D eigenvalue weighted by Crippen LogP contribution is -2.46. The van der Waals surface area contributed by atoms with Crippen LogP contribution in [0.15, 0.2) is 0 Å². The van der Waals surface area contributed by atoms with Crippen LogP contribution >= 0.6 is 0 Å². The van der Waals surface area contributed by atoms with E-state index in [0.717, 1.165) is 24.2 Å². The van der Waals surface area contributed by atoms with E-state index in [2.05, 4.69) is 13.8 Å². The summed E-state index contributed by atoms with van der Waals surface area (Å²) in [6.07, 6.45) is 4.74. The summed E-state index contributed by atoms with van der Waals surface area (Å²) in [6.45, 7) is 5.73. The number of ether oxygens (including phenoxy) is 3. The first-order valence-electron chi connectivity index (χ1n) is 9.03. The molecule has 2 saturated carbocycles. The van der Waals surface area contributed by atoms with Gasteiger partial charge in [0.25, 0.3) is 0 Å². The Morgan fingerprint density at radius 3 is 2.52 bits per heavy atom. The molecule has 3 rings (SSSR count). The van der Waals surface area contributed by atoms with Crippen molar-refractivity contribution in [1.82, 2.24) is 4.90 Å². The monoisotopic (exact) mass is 325 g/mol. The molecule has 132 valence electrons. The van der Waals surface area contributed by atoms with Gasteiger partial charge in [-0.1, -0.05) is 13.8 Å². The average molecular weight is 325 g/mol. The number of hydrogen-bond acceptors (Lipinski definition) is 4. The van der Waals surface area contributed by atoms with E-state index in [0.29, 0.717) is 25.2 Å². The van der Waals surface area contributed by atoms with E-state index in [9.17, 15) is 4.79 Å². The standard InChI is InChI=1S/C18H31NO4/c1-11-7-13(9-21-3)19(18(20)22-4)17(11)10-23-14-5-6-15-12(2)16(15)8-14/h11-17H,5-10H2,1-4H3. The molecule has 1 aliphatic heterocycles. The number of amides is 1. The quantitative estimate of drug-likeness (QED) is 0.780. The average Bonchev–Trinajstić information content (AvgIpc) is 3.07. The minimum atomic E-state index is -0.260. The zero-order chi connectivity index (χ0) is 16.6. The topological polar surface area (TPSA) is 48.0 Å². The Labute approximate surface area is 139 Å². The highest BCUT2D eigenvalue weighted by Gasteiger charge is 2.50. The Morgan fingerprint density at radius 1 is 1.09 bits per heavy atom. The van der Waals surface area contributed by atoms with Crippen molar-refractivity contribution in [1.29, 1.82) is 0 Å². The van der Waals surface area contributed by atoms with E-state index in [-0.39, 0.29) is 18.2 Å². The van der Waals surface area contributed by atoms with Crippen molar-refractivity contribution in [3.05, 3.63) is 0 Å². The zero-order valence-corrected chi connectivity index (χ0v) is 14.9. The summed E-state index contributed by atoms with van der Waals surface area (Å²) >= 11 is 0. The third-order valence-corrected chi connectivity index (χ3v) is 6.42. The van der Waals surface area contributed by atoms with Gasteiger partial charge >= 0.3 is 6.09 Å². The first kappa shape index (κ1) is 17.0. The second-order valence-corrected chi connectivity index (χ2v) is 7.72. The van der Waals surface area contributed by atoms with Crippen molar-refractivity contribution >= 4 is 6.09 Å². The third-order valence-electron chi connectivity index (χ3n) is 6.42. The third kappa shape index (κ3) is 3.36. The van der Waals surface area contributed by atoms with Crippen molar-refractivity contribution in [3.8, 4) is 0 Å². The van der Waals surface area contributed by atoms with Gasteiger partial charge in [0.1, 0.15) is 0 Å². The maximum absolute atomic E-state index is 12.2. The lowest BCUT2D eigenvalue weighted by Gasteiger charge is -2.31. The first-order chi connectivity index (χ1) is 11.1. The smallest absolute Gasteiger partial charge is 0.410 e. The summed E-state index contributed by atoms with van der Waals surface area (Å²) in [4.78, 5) is 14.0. The molecule has 0 aromatic rings. The van der Waals surface area contributed by atoms with Crippen molar-refractivity contribution in [2.45, 2.75) is 57.7 Å². The summed E-state index contributed by atoms with van der Waals surface area (Å²) in [7, 11) is 3.13. The first-order valence-corrected chi connectivity index (χ1v) is 9.03. The van der Waals surface area contributed by atoms with Gasteiger partial charge in [-0.3, -0.25) is 4.90 Å². The molecule has 0 spiro atoms. The van der Waals surface area contributed by atoms with Gasteiger partial charge < -0.3 is 14.2 Å². The summed E-state index contributed by atoms with van der Waals surface area (Å²) in [5.74, 6) is 3.14. The summed E-state index contributed by atoms with van der Waals surface area (Å²) in [6, 6.07) is 0.187. The van der Waals surface area contributed by atoms with E-state index in [1.54, 1.807) is 7.11 Å². The normalized spacial score (nSPS) is 42.4. The molecule has 3 fully saturated rings. The van der Waals surface area contributed by atoms with Gasteiger partial charge in [-0.25, -0.2) is 4.79 Å². The largest absolute Gasteiger partial charge is 0.453 e. The SMILES string of the molecule is COCC1CC(C)C(COC2CCC3C(C)C3C2)N1C(=O)OC. The number of carbonyl (C=O) groups excluding carboxylic acids is 1. The van der Waals surface area contributed by atoms with Crippen LogP contribution in [0.25, 0.3) is 0 Å². The van der Waals surface area contributed by atoms with Gasteiger partial charge in [0, 0.05) is 7.11 Å². The van der Waals surface area contributed by atoms with Gasteiger partial charge in [0.05, 0.1) is 38.5 Å². The molecule has 0 aromatic carbocycles. The molecule has 7 unspecified atom stereocenters. The lowest BCUT2D eigenvalue weighted by molar-refractivity contribution is -0.0155. The second kappa shape index (κ2) is 6.98. The van der Waals surface area contributed by atoms with Crippen LogP contribution in [0.3, 0.4) is 0 Å². The van der Waals surface area contributed by atoms with E-state index in [4.69, 9.17) is 14.2 Å². The van der Waals surface area contributed by atoms with Crippen molar-refractivity contribution in [2.24, 2.45) is 23.7 Å². The van der Waals surface area contributed by atoms with Gasteiger partial charge in [-0.2, -0.15) is 0 Å². The Morgan fingerprint density at radius 2 is 1.87 bits per heavy atom. The Kier molecular flexibility index (Phi) is 5.16. The molecule has 1 heterocycles. The zero-order valence-electron chi connectivity index (χ0n) is 14.9. The fraction of sp³-hybridized carbons (Fsp3) is 0.944. The number of methoxy groups -OCH3 is 2. The number of rotatable bonds is 5. The molecule has 3 aliphatic rings. The Balaban J connectivity index is 1.57. The minimum Gasteiger partial charge on any atom is -0.453 e. The summed E-state index contributed by atoms with van der Waals surface area (Å²) in [5, 5.41) is 0. The maximum atomic E-state index is 12.2. The molecule has 1 amide bonds. The van der Waals surface area contributed by atoms with Crippen LogP contribution in [0.1, 0.15) is 39.5 Å². The van der Waals surface area contributed by atoms with Crippen LogP contribution in [0.5, 0.6) is 0 Å². The number of hydrogen-bond donors (Lipinski definition) is 0. The van der Waals surface area contributed by atoms with Gasteiger partial charge in [-0.15, -0.1) is 0 Å². The molecule has 0 radical (unpaired) electrons. The predicted octanol–water partition coefficient (Wildman–Crippen LogP) is 2.93. The molecule has 0 bridgehead atoms. The molecule has 5 heteroatoms. The van der Waals surface area contributed by atoms with E-state index < -0.39 is 0 Å². The lowest BCUT2D eigenvalue weighted by atomic mass is 9.97. The highest BCUT2D eigenvalue weighted by molar-refractivity contribution is 5.69. The minimum absolute atomic E-state index is 0.0928. The molecule has 2 aliphatic carbocycles. The van der Waals surface area contributed by atoms with Crippen LogP contribution in [0, 0.1) is 23.7 Å². The molecule has 5 nitrogen and oxygen atoms in total. The number of nitrogens with zero attached hydrogens (tertiary/aromatic N) is 1. The Hall–Kier alpha value is -0.810. The molecule has 7 atom stereocenters. The summed E-state index contributed by atoms with van der Waals surface area (Å²) < 4.78 is 16.5. The highest BCUT2D eigenvalue weighted by atomic mass is 16.5. The fourth-order valence-corrected chi connectivity index (χ4v) is 4.91. The molecule has 1 saturated heterocycles. The van der Waals surface area contributed by atoms with Crippen molar-refractivity contribution < 1.29 is 19.0 Å². The number of likely N-dealkylation sites (tertiary alicyclic amines) is 1. The van der Waals surface area contributed by atoms with Crippen LogP contribution in [0.4, 0.5) is 4.79 Å². The predicted molar refractivity (Wildman–Crippen MR) is 87.2 cm³/mol. The molecular formula is C18H31NO4. The molecule has 0 aromatic heterocycles. The maximum Gasteiger partial charge on any atom is 0.410 e. The van der Waals surface area contributed by atoms with Gasteiger partial charge in [0.15, 0.2) is 0 Å². The van der Waals surface area contributed by atoms with Crippen LogP contribution < -0.4 is 0 Å². The Bertz CT molecular complexity index is 429. The number of fused-ring (bicyclic) bond motifs is 1. The fourth-order valence-electron chi connectivity index (χ4n) is 4.91. The van der Waals surface area contributed by atoms with E-state index >= 15 is 0 Å². The second-order valence-electron chi connectivity index (χ2n) is 7.72. The molecule has 23 heavy (non-hydrogen) atoms. The molecule has 0 N–H and O–H groups in total. The molecular weight excluding hydrogens is 294 g/mol.